The van der Waals surface area contributed by atoms with E-state index in [4.69, 9.17) is 0 Å². The van der Waals surface area contributed by atoms with Crippen molar-refractivity contribution in [3.63, 3.8) is 0 Å². The molecule has 4 heteroatoms. The van der Waals surface area contributed by atoms with E-state index in [1.807, 2.05) is 7.05 Å². The highest BCUT2D eigenvalue weighted by molar-refractivity contribution is 7.05. The summed E-state index contributed by atoms with van der Waals surface area (Å²) in [6.07, 6.45) is 0. The molecule has 1 aromatic carbocycles. The van der Waals surface area contributed by atoms with E-state index in [2.05, 4.69) is 67.7 Å². The average Bonchev–Trinajstić information content (AvgIpc) is 2.83. The third-order valence-electron chi connectivity index (χ3n) is 3.64. The summed E-state index contributed by atoms with van der Waals surface area (Å²) in [4.78, 5) is 1.21. The largest absolute Gasteiger partial charge is 0.309 e. The maximum Gasteiger partial charge on any atom is 0.0860 e. The summed E-state index contributed by atoms with van der Waals surface area (Å²) in [7, 11) is 1.99. The SMILES string of the molecule is CNC(c1ccc(C)c(C)c1)c1snnc1C(C)(C)C. The van der Waals surface area contributed by atoms with Crippen LogP contribution in [0.15, 0.2) is 18.2 Å². The fraction of sp³-hybridized carbons (Fsp3) is 0.500. The van der Waals surface area contributed by atoms with Gasteiger partial charge in [-0.05, 0) is 49.1 Å². The topological polar surface area (TPSA) is 37.8 Å². The number of nitrogens with one attached hydrogen (secondary N) is 1. The van der Waals surface area contributed by atoms with E-state index >= 15 is 0 Å². The standard InChI is InChI=1S/C16H23N3S/c1-10-7-8-12(9-11(10)2)13(17-6)14-15(16(3,4)5)18-19-20-14/h7-9,13,17H,1-6H3. The molecule has 3 nitrogen and oxygen atoms in total. The molecule has 1 heterocycles. The first-order valence-electron chi connectivity index (χ1n) is 6.91. The highest BCUT2D eigenvalue weighted by Gasteiger charge is 2.27. The van der Waals surface area contributed by atoms with Crippen molar-refractivity contribution >= 4 is 11.5 Å². The molecule has 0 amide bonds. The van der Waals surface area contributed by atoms with Gasteiger partial charge in [-0.3, -0.25) is 0 Å². The monoisotopic (exact) mass is 289 g/mol. The lowest BCUT2D eigenvalue weighted by Gasteiger charge is -2.22. The van der Waals surface area contributed by atoms with E-state index in [1.54, 1.807) is 0 Å². The third kappa shape index (κ3) is 2.91. The molecule has 0 radical (unpaired) electrons. The van der Waals surface area contributed by atoms with Gasteiger partial charge < -0.3 is 5.32 Å². The minimum atomic E-state index is 0.0111. The van der Waals surface area contributed by atoms with E-state index in [9.17, 15) is 0 Å². The number of hydrogen-bond donors (Lipinski definition) is 1. The van der Waals surface area contributed by atoms with Gasteiger partial charge in [-0.25, -0.2) is 0 Å². The average molecular weight is 289 g/mol. The number of nitrogens with zero attached hydrogens (tertiary/aromatic N) is 2. The van der Waals surface area contributed by atoms with Gasteiger partial charge in [0.05, 0.1) is 16.6 Å². The zero-order valence-corrected chi connectivity index (χ0v) is 13.9. The van der Waals surface area contributed by atoms with Gasteiger partial charge in [0, 0.05) is 5.41 Å². The van der Waals surface area contributed by atoms with Gasteiger partial charge in [0.2, 0.25) is 0 Å². The fourth-order valence-corrected chi connectivity index (χ4v) is 3.30. The molecule has 1 unspecified atom stereocenters. The van der Waals surface area contributed by atoms with E-state index in [1.165, 1.54) is 33.1 Å². The molecular weight excluding hydrogens is 266 g/mol. The minimum absolute atomic E-state index is 0.0111. The van der Waals surface area contributed by atoms with Crippen molar-refractivity contribution in [3.05, 3.63) is 45.5 Å². The summed E-state index contributed by atoms with van der Waals surface area (Å²) in [5, 5.41) is 7.76. The Morgan fingerprint density at radius 2 is 1.85 bits per heavy atom. The van der Waals surface area contributed by atoms with Crippen LogP contribution in [0.4, 0.5) is 0 Å². The normalized spacial score (nSPS) is 13.5. The summed E-state index contributed by atoms with van der Waals surface area (Å²) in [6.45, 7) is 10.8. The highest BCUT2D eigenvalue weighted by atomic mass is 32.1. The van der Waals surface area contributed by atoms with Crippen LogP contribution in [-0.4, -0.2) is 16.6 Å². The number of aromatic nitrogens is 2. The Kier molecular flexibility index (Phi) is 4.25. The van der Waals surface area contributed by atoms with Crippen LogP contribution in [0.1, 0.15) is 54.1 Å². The molecule has 0 bridgehead atoms. The van der Waals surface area contributed by atoms with Crippen LogP contribution in [0.2, 0.25) is 0 Å². The molecule has 20 heavy (non-hydrogen) atoms. The Labute approximate surface area is 125 Å². The van der Waals surface area contributed by atoms with Gasteiger partial charge in [-0.1, -0.05) is 43.5 Å². The van der Waals surface area contributed by atoms with Crippen LogP contribution in [0.25, 0.3) is 0 Å². The minimum Gasteiger partial charge on any atom is -0.309 e. The molecule has 1 N–H and O–H groups in total. The second-order valence-electron chi connectivity index (χ2n) is 6.30. The first-order valence-corrected chi connectivity index (χ1v) is 7.69. The lowest BCUT2D eigenvalue weighted by Crippen LogP contribution is -2.22. The number of aryl methyl sites for hydroxylation is 2. The van der Waals surface area contributed by atoms with Crippen LogP contribution in [0, 0.1) is 13.8 Å². The molecule has 0 aliphatic rings. The van der Waals surface area contributed by atoms with Crippen molar-refractivity contribution in [2.45, 2.75) is 46.1 Å². The Bertz CT molecular complexity index is 596. The van der Waals surface area contributed by atoms with E-state index in [-0.39, 0.29) is 11.5 Å². The van der Waals surface area contributed by atoms with E-state index in [0.29, 0.717) is 0 Å². The molecule has 0 saturated heterocycles. The molecule has 2 aromatic rings. The van der Waals surface area contributed by atoms with Crippen LogP contribution >= 0.6 is 11.5 Å². The van der Waals surface area contributed by atoms with Crippen molar-refractivity contribution < 1.29 is 0 Å². The lowest BCUT2D eigenvalue weighted by molar-refractivity contribution is 0.549. The van der Waals surface area contributed by atoms with Crippen molar-refractivity contribution in [2.24, 2.45) is 0 Å². The van der Waals surface area contributed by atoms with Crippen LogP contribution < -0.4 is 5.32 Å². The molecule has 0 aliphatic heterocycles. The molecular formula is C16H23N3S. The first kappa shape index (κ1) is 15.1. The van der Waals surface area contributed by atoms with Crippen molar-refractivity contribution in [2.75, 3.05) is 7.05 Å². The Hall–Kier alpha value is -1.26. The molecule has 0 saturated carbocycles. The van der Waals surface area contributed by atoms with Crippen LogP contribution in [0.3, 0.4) is 0 Å². The van der Waals surface area contributed by atoms with Crippen LogP contribution in [0.5, 0.6) is 0 Å². The van der Waals surface area contributed by atoms with Crippen molar-refractivity contribution in [1.82, 2.24) is 14.9 Å². The maximum atomic E-state index is 4.35. The first-order chi connectivity index (χ1) is 9.34. The van der Waals surface area contributed by atoms with Gasteiger partial charge >= 0.3 is 0 Å². The van der Waals surface area contributed by atoms with Gasteiger partial charge in [-0.2, -0.15) is 0 Å². The zero-order valence-electron chi connectivity index (χ0n) is 13.1. The highest BCUT2D eigenvalue weighted by Crippen LogP contribution is 2.33. The summed E-state index contributed by atoms with van der Waals surface area (Å²) < 4.78 is 4.17. The third-order valence-corrected chi connectivity index (χ3v) is 4.43. The molecule has 1 atom stereocenters. The van der Waals surface area contributed by atoms with Gasteiger partial charge in [0.15, 0.2) is 0 Å². The van der Waals surface area contributed by atoms with E-state index in [0.717, 1.165) is 5.69 Å². The number of rotatable bonds is 3. The van der Waals surface area contributed by atoms with E-state index < -0.39 is 0 Å². The zero-order chi connectivity index (χ0) is 14.9. The molecule has 0 spiro atoms. The van der Waals surface area contributed by atoms with Crippen molar-refractivity contribution in [1.29, 1.82) is 0 Å². The number of benzene rings is 1. The van der Waals surface area contributed by atoms with Gasteiger partial charge in [0.25, 0.3) is 0 Å². The lowest BCUT2D eigenvalue weighted by atomic mass is 9.88. The van der Waals surface area contributed by atoms with Gasteiger partial charge in [0.1, 0.15) is 0 Å². The van der Waals surface area contributed by atoms with Crippen LogP contribution in [-0.2, 0) is 5.41 Å². The summed E-state index contributed by atoms with van der Waals surface area (Å²) >= 11 is 1.49. The summed E-state index contributed by atoms with van der Waals surface area (Å²) in [5.74, 6) is 0. The Morgan fingerprint density at radius 3 is 2.40 bits per heavy atom. The predicted octanol–water partition coefficient (Wildman–Crippen LogP) is 3.76. The second-order valence-corrected chi connectivity index (χ2v) is 7.09. The van der Waals surface area contributed by atoms with Gasteiger partial charge in [-0.15, -0.1) is 5.10 Å². The maximum absolute atomic E-state index is 4.35. The molecule has 0 aliphatic carbocycles. The number of hydrogen-bond acceptors (Lipinski definition) is 4. The molecule has 1 aromatic heterocycles. The fourth-order valence-electron chi connectivity index (χ4n) is 2.30. The summed E-state index contributed by atoms with van der Waals surface area (Å²) in [6, 6.07) is 6.78. The second kappa shape index (κ2) is 5.62. The molecule has 108 valence electrons. The smallest absolute Gasteiger partial charge is 0.0860 e. The Balaban J connectivity index is 2.48. The predicted molar refractivity (Wildman–Crippen MR) is 85.4 cm³/mol. The molecule has 2 rings (SSSR count). The van der Waals surface area contributed by atoms with Crippen molar-refractivity contribution in [3.8, 4) is 0 Å². The summed E-state index contributed by atoms with van der Waals surface area (Å²) in [5.41, 5.74) is 5.00. The Morgan fingerprint density at radius 1 is 1.15 bits per heavy atom. The quantitative estimate of drug-likeness (QED) is 0.935. The molecule has 0 fully saturated rings.